The van der Waals surface area contributed by atoms with E-state index < -0.39 is 0 Å². The first-order chi connectivity index (χ1) is 11.2. The first-order valence-electron chi connectivity index (χ1n) is 8.42. The van der Waals surface area contributed by atoms with E-state index in [4.69, 9.17) is 5.73 Å². The molecule has 1 unspecified atom stereocenters. The fourth-order valence-corrected chi connectivity index (χ4v) is 3.41. The number of carbonyl (C=O) groups excluding carboxylic acids is 1. The second-order valence-corrected chi connectivity index (χ2v) is 6.62. The Morgan fingerprint density at radius 1 is 1.17 bits per heavy atom. The van der Waals surface area contributed by atoms with Crippen LogP contribution in [0.5, 0.6) is 0 Å². The van der Waals surface area contributed by atoms with Crippen molar-refractivity contribution in [1.29, 1.82) is 0 Å². The third-order valence-electron chi connectivity index (χ3n) is 4.75. The maximum atomic E-state index is 13.0. The summed E-state index contributed by atoms with van der Waals surface area (Å²) in [5.41, 5.74) is 8.87. The fraction of sp³-hybridized carbons (Fsp3) is 0.444. The van der Waals surface area contributed by atoms with Gasteiger partial charge in [-0.1, -0.05) is 18.2 Å². The quantitative estimate of drug-likeness (QED) is 0.929. The van der Waals surface area contributed by atoms with Crippen LogP contribution >= 0.6 is 12.4 Å². The summed E-state index contributed by atoms with van der Waals surface area (Å²) in [5, 5.41) is 4.52. The fourth-order valence-electron chi connectivity index (χ4n) is 3.41. The van der Waals surface area contributed by atoms with Gasteiger partial charge in [0.25, 0.3) is 5.91 Å². The molecule has 1 saturated carbocycles. The lowest BCUT2D eigenvalue weighted by Crippen LogP contribution is -2.45. The van der Waals surface area contributed by atoms with Crippen LogP contribution in [0.2, 0.25) is 0 Å². The van der Waals surface area contributed by atoms with Gasteiger partial charge in [-0.2, -0.15) is 5.10 Å². The van der Waals surface area contributed by atoms with Crippen LogP contribution in [0.15, 0.2) is 36.5 Å². The van der Waals surface area contributed by atoms with E-state index in [0.717, 1.165) is 49.2 Å². The summed E-state index contributed by atoms with van der Waals surface area (Å²) in [5.74, 6) is 0.541. The number of aromatic nitrogens is 2. The minimum Gasteiger partial charge on any atom is -0.337 e. The highest BCUT2D eigenvalue weighted by Gasteiger charge is 2.34. The van der Waals surface area contributed by atoms with Crippen molar-refractivity contribution in [2.24, 2.45) is 5.73 Å². The van der Waals surface area contributed by atoms with Crippen molar-refractivity contribution in [3.05, 3.63) is 47.8 Å². The van der Waals surface area contributed by atoms with E-state index in [0.29, 0.717) is 12.5 Å². The van der Waals surface area contributed by atoms with Crippen molar-refractivity contribution in [2.45, 2.75) is 37.6 Å². The summed E-state index contributed by atoms with van der Waals surface area (Å²) >= 11 is 0. The zero-order chi connectivity index (χ0) is 15.8. The number of carbonyl (C=O) groups is 1. The molecule has 2 fully saturated rings. The topological polar surface area (TPSA) is 64.2 Å². The van der Waals surface area contributed by atoms with E-state index in [2.05, 4.69) is 5.10 Å². The molecule has 1 amide bonds. The van der Waals surface area contributed by atoms with E-state index in [1.807, 2.05) is 39.9 Å². The van der Waals surface area contributed by atoms with Crippen molar-refractivity contribution >= 4 is 18.3 Å². The first kappa shape index (κ1) is 17.0. The summed E-state index contributed by atoms with van der Waals surface area (Å²) in [6, 6.07) is 10.2. The second-order valence-electron chi connectivity index (χ2n) is 6.62. The lowest BCUT2D eigenvalue weighted by atomic mass is 10.0. The molecule has 1 aliphatic carbocycles. The van der Waals surface area contributed by atoms with Crippen LogP contribution in [0, 0.1) is 0 Å². The Balaban J connectivity index is 0.00000169. The Morgan fingerprint density at radius 3 is 2.58 bits per heavy atom. The molecule has 128 valence electrons. The van der Waals surface area contributed by atoms with E-state index in [1.54, 1.807) is 6.20 Å². The van der Waals surface area contributed by atoms with Gasteiger partial charge in [0.2, 0.25) is 0 Å². The van der Waals surface area contributed by atoms with Gasteiger partial charge in [-0.15, -0.1) is 12.4 Å². The normalized spacial score (nSPS) is 20.5. The molecule has 5 nitrogen and oxygen atoms in total. The number of hydrogen-bond acceptors (Lipinski definition) is 3. The molecule has 1 aromatic heterocycles. The summed E-state index contributed by atoms with van der Waals surface area (Å²) < 4.78 is 1.94. The Hall–Kier alpha value is -1.85. The number of piperidine rings is 1. The molecular weight excluding hydrogens is 324 g/mol. The molecule has 24 heavy (non-hydrogen) atoms. The average molecular weight is 347 g/mol. The van der Waals surface area contributed by atoms with E-state index in [-0.39, 0.29) is 24.4 Å². The molecular formula is C18H23ClN4O. The van der Waals surface area contributed by atoms with Gasteiger partial charge in [0, 0.05) is 25.0 Å². The molecule has 0 spiro atoms. The highest BCUT2D eigenvalue weighted by atomic mass is 35.5. The molecule has 1 aromatic carbocycles. The molecule has 6 heteroatoms. The molecule has 2 aliphatic rings. The predicted octanol–water partition coefficient (Wildman–Crippen LogP) is 2.73. The van der Waals surface area contributed by atoms with Gasteiger partial charge >= 0.3 is 0 Å². The molecule has 4 rings (SSSR count). The molecule has 1 saturated heterocycles. The predicted molar refractivity (Wildman–Crippen MR) is 95.9 cm³/mol. The zero-order valence-electron chi connectivity index (χ0n) is 13.6. The van der Waals surface area contributed by atoms with E-state index in [1.165, 1.54) is 0 Å². The minimum atomic E-state index is 0. The zero-order valence-corrected chi connectivity index (χ0v) is 14.4. The van der Waals surface area contributed by atoms with Gasteiger partial charge in [-0.05, 0) is 37.8 Å². The largest absolute Gasteiger partial charge is 0.337 e. The Bertz CT molecular complexity index is 711. The second kappa shape index (κ2) is 6.95. The van der Waals surface area contributed by atoms with Crippen molar-refractivity contribution in [2.75, 3.05) is 13.1 Å². The van der Waals surface area contributed by atoms with E-state index >= 15 is 0 Å². The minimum absolute atomic E-state index is 0. The number of para-hydroxylation sites is 1. The summed E-state index contributed by atoms with van der Waals surface area (Å²) in [7, 11) is 0. The first-order valence-corrected chi connectivity index (χ1v) is 8.42. The van der Waals surface area contributed by atoms with Gasteiger partial charge in [0.05, 0.1) is 23.1 Å². The molecule has 0 radical (unpaired) electrons. The number of likely N-dealkylation sites (tertiary alicyclic amines) is 1. The lowest BCUT2D eigenvalue weighted by molar-refractivity contribution is 0.0707. The number of halogens is 1. The SMILES string of the molecule is Cl.NC1CCCN(C(=O)c2cnn(-c3ccccc3)c2C2CC2)C1. The summed E-state index contributed by atoms with van der Waals surface area (Å²) in [4.78, 5) is 14.9. The van der Waals surface area contributed by atoms with Gasteiger partial charge in [-0.25, -0.2) is 4.68 Å². The monoisotopic (exact) mass is 346 g/mol. The smallest absolute Gasteiger partial charge is 0.257 e. The van der Waals surface area contributed by atoms with Crippen molar-refractivity contribution < 1.29 is 4.79 Å². The van der Waals surface area contributed by atoms with Crippen LogP contribution in [-0.2, 0) is 0 Å². The van der Waals surface area contributed by atoms with Gasteiger partial charge in [0.1, 0.15) is 0 Å². The Kier molecular flexibility index (Phi) is 4.92. The lowest BCUT2D eigenvalue weighted by Gasteiger charge is -2.30. The highest BCUT2D eigenvalue weighted by molar-refractivity contribution is 5.95. The summed E-state index contributed by atoms with van der Waals surface area (Å²) in [6.07, 6.45) is 6.00. The molecule has 0 bridgehead atoms. The highest BCUT2D eigenvalue weighted by Crippen LogP contribution is 2.42. The van der Waals surface area contributed by atoms with Crippen LogP contribution in [-0.4, -0.2) is 39.7 Å². The maximum absolute atomic E-state index is 13.0. The van der Waals surface area contributed by atoms with Crippen LogP contribution in [0.1, 0.15) is 47.7 Å². The molecule has 2 aromatic rings. The number of rotatable bonds is 3. The third kappa shape index (κ3) is 3.19. The molecule has 1 atom stereocenters. The maximum Gasteiger partial charge on any atom is 0.257 e. The molecule has 2 N–H and O–H groups in total. The van der Waals surface area contributed by atoms with Gasteiger partial charge < -0.3 is 10.6 Å². The number of amides is 1. The summed E-state index contributed by atoms with van der Waals surface area (Å²) in [6.45, 7) is 1.45. The van der Waals surface area contributed by atoms with Crippen molar-refractivity contribution in [1.82, 2.24) is 14.7 Å². The number of nitrogens with zero attached hydrogens (tertiary/aromatic N) is 3. The average Bonchev–Trinajstić information content (AvgIpc) is 3.33. The Morgan fingerprint density at radius 2 is 1.92 bits per heavy atom. The standard InChI is InChI=1S/C18H22N4O.ClH/c19-14-5-4-10-21(12-14)18(23)16-11-20-22(17(16)13-8-9-13)15-6-2-1-3-7-15;/h1-3,6-7,11,13-14H,4-5,8-10,12,19H2;1H. The van der Waals surface area contributed by atoms with Gasteiger partial charge in [0.15, 0.2) is 0 Å². The number of nitrogens with two attached hydrogens (primary N) is 1. The van der Waals surface area contributed by atoms with Crippen molar-refractivity contribution in [3.63, 3.8) is 0 Å². The molecule has 2 heterocycles. The van der Waals surface area contributed by atoms with Gasteiger partial charge in [-0.3, -0.25) is 4.79 Å². The van der Waals surface area contributed by atoms with Crippen LogP contribution in [0.4, 0.5) is 0 Å². The number of benzene rings is 1. The third-order valence-corrected chi connectivity index (χ3v) is 4.75. The van der Waals surface area contributed by atoms with Crippen LogP contribution in [0.25, 0.3) is 5.69 Å². The van der Waals surface area contributed by atoms with Crippen LogP contribution < -0.4 is 5.73 Å². The number of hydrogen-bond donors (Lipinski definition) is 1. The Labute approximate surface area is 148 Å². The van der Waals surface area contributed by atoms with Crippen molar-refractivity contribution in [3.8, 4) is 5.69 Å². The van der Waals surface area contributed by atoms with E-state index in [9.17, 15) is 4.79 Å². The molecule has 1 aliphatic heterocycles. The van der Waals surface area contributed by atoms with Crippen LogP contribution in [0.3, 0.4) is 0 Å².